The largest absolute Gasteiger partial charge is 0.354 e. The first-order valence-corrected chi connectivity index (χ1v) is 8.32. The fraction of sp³-hybridized carbons (Fsp3) is 0.471. The Hall–Kier alpha value is -1.32. The summed E-state index contributed by atoms with van der Waals surface area (Å²) < 4.78 is 0. The Morgan fingerprint density at radius 2 is 1.86 bits per heavy atom. The zero-order valence-electron chi connectivity index (χ0n) is 12.1. The second kappa shape index (κ2) is 5.47. The lowest BCUT2D eigenvalue weighted by atomic mass is 10.1. The van der Waals surface area contributed by atoms with Gasteiger partial charge in [0.1, 0.15) is 5.82 Å². The number of fused-ring (bicyclic) bond motifs is 1. The van der Waals surface area contributed by atoms with Crippen LogP contribution >= 0.6 is 11.6 Å². The molecule has 4 heteroatoms. The second-order valence-electron chi connectivity index (χ2n) is 6.05. The van der Waals surface area contributed by atoms with E-state index in [0.29, 0.717) is 5.88 Å². The molecule has 0 unspecified atom stereocenters. The monoisotopic (exact) mass is 301 g/mol. The maximum atomic E-state index is 6.02. The van der Waals surface area contributed by atoms with Gasteiger partial charge in [0.25, 0.3) is 0 Å². The Morgan fingerprint density at radius 1 is 1.10 bits per heavy atom. The van der Waals surface area contributed by atoms with Crippen LogP contribution in [0.2, 0.25) is 0 Å². The first-order chi connectivity index (χ1) is 10.3. The maximum Gasteiger partial charge on any atom is 0.136 e. The topological polar surface area (TPSA) is 19.4 Å². The summed E-state index contributed by atoms with van der Waals surface area (Å²) in [4.78, 5) is 9.86. The lowest BCUT2D eigenvalue weighted by Gasteiger charge is -2.36. The van der Waals surface area contributed by atoms with E-state index >= 15 is 0 Å². The van der Waals surface area contributed by atoms with Crippen molar-refractivity contribution in [1.82, 2.24) is 9.88 Å². The predicted molar refractivity (Wildman–Crippen MR) is 88.1 cm³/mol. The maximum absolute atomic E-state index is 6.02. The third-order valence-corrected chi connectivity index (χ3v) is 4.86. The highest BCUT2D eigenvalue weighted by Gasteiger charge is 2.31. The van der Waals surface area contributed by atoms with Gasteiger partial charge in [0.2, 0.25) is 0 Å². The van der Waals surface area contributed by atoms with E-state index < -0.39 is 0 Å². The predicted octanol–water partition coefficient (Wildman–Crippen LogP) is 3.26. The highest BCUT2D eigenvalue weighted by Crippen LogP contribution is 2.30. The highest BCUT2D eigenvalue weighted by molar-refractivity contribution is 6.17. The van der Waals surface area contributed by atoms with Gasteiger partial charge in [-0.25, -0.2) is 4.98 Å². The van der Waals surface area contributed by atoms with E-state index in [9.17, 15) is 0 Å². The van der Waals surface area contributed by atoms with E-state index in [1.165, 1.54) is 23.6 Å². The van der Waals surface area contributed by atoms with Crippen LogP contribution in [-0.4, -0.2) is 42.1 Å². The smallest absolute Gasteiger partial charge is 0.136 e. The summed E-state index contributed by atoms with van der Waals surface area (Å²) in [5.41, 5.74) is 0.968. The minimum absolute atomic E-state index is 0.472. The van der Waals surface area contributed by atoms with Crippen molar-refractivity contribution in [3.8, 4) is 0 Å². The molecule has 4 rings (SSSR count). The molecule has 1 aliphatic carbocycles. The molecule has 0 bridgehead atoms. The minimum Gasteiger partial charge on any atom is -0.354 e. The number of halogens is 1. The number of hydrogen-bond donors (Lipinski definition) is 0. The molecular formula is C17H20ClN3. The Morgan fingerprint density at radius 3 is 2.57 bits per heavy atom. The van der Waals surface area contributed by atoms with Crippen LogP contribution in [0.15, 0.2) is 30.3 Å². The molecule has 1 aliphatic heterocycles. The van der Waals surface area contributed by atoms with Crippen LogP contribution in [0.3, 0.4) is 0 Å². The zero-order valence-corrected chi connectivity index (χ0v) is 12.9. The van der Waals surface area contributed by atoms with Gasteiger partial charge >= 0.3 is 0 Å². The number of aromatic nitrogens is 1. The van der Waals surface area contributed by atoms with Crippen molar-refractivity contribution in [2.24, 2.45) is 0 Å². The molecule has 110 valence electrons. The first kappa shape index (κ1) is 13.4. The molecule has 1 saturated carbocycles. The number of piperazine rings is 1. The van der Waals surface area contributed by atoms with Gasteiger partial charge < -0.3 is 4.90 Å². The fourth-order valence-electron chi connectivity index (χ4n) is 3.28. The summed E-state index contributed by atoms with van der Waals surface area (Å²) >= 11 is 6.02. The first-order valence-electron chi connectivity index (χ1n) is 7.79. The third kappa shape index (κ3) is 2.60. The summed E-state index contributed by atoms with van der Waals surface area (Å²) in [7, 11) is 0. The standard InChI is InChI=1S/C17H20ClN3/c18-12-14-11-13-3-1-2-4-16(13)17(19-14)21-9-7-20(8-10-21)15-5-6-15/h1-4,11,15H,5-10,12H2. The van der Waals surface area contributed by atoms with Crippen LogP contribution in [0.25, 0.3) is 10.8 Å². The number of anilines is 1. The normalized spacial score (nSPS) is 20.1. The molecule has 1 saturated heterocycles. The van der Waals surface area contributed by atoms with Crippen molar-refractivity contribution < 1.29 is 0 Å². The van der Waals surface area contributed by atoms with Gasteiger partial charge in [-0.3, -0.25) is 4.90 Å². The number of benzene rings is 1. The zero-order chi connectivity index (χ0) is 14.2. The second-order valence-corrected chi connectivity index (χ2v) is 6.31. The molecular weight excluding hydrogens is 282 g/mol. The average molecular weight is 302 g/mol. The molecule has 0 amide bonds. The van der Waals surface area contributed by atoms with Crippen LogP contribution in [0.4, 0.5) is 5.82 Å². The molecule has 2 aliphatic rings. The number of alkyl halides is 1. The van der Waals surface area contributed by atoms with Gasteiger partial charge in [-0.2, -0.15) is 0 Å². The fourth-order valence-corrected chi connectivity index (χ4v) is 3.42. The van der Waals surface area contributed by atoms with Crippen LogP contribution in [0, 0.1) is 0 Å². The quantitative estimate of drug-likeness (QED) is 0.811. The molecule has 3 nitrogen and oxygen atoms in total. The van der Waals surface area contributed by atoms with Gasteiger partial charge in [-0.1, -0.05) is 24.3 Å². The number of pyridine rings is 1. The van der Waals surface area contributed by atoms with E-state index in [2.05, 4.69) is 40.1 Å². The molecule has 21 heavy (non-hydrogen) atoms. The Kier molecular flexibility index (Phi) is 3.48. The van der Waals surface area contributed by atoms with Crippen LogP contribution in [0.5, 0.6) is 0 Å². The Bertz CT molecular complexity index is 646. The molecule has 0 radical (unpaired) electrons. The molecule has 1 aromatic carbocycles. The summed E-state index contributed by atoms with van der Waals surface area (Å²) in [5, 5.41) is 2.48. The van der Waals surface area contributed by atoms with Gasteiger partial charge in [0, 0.05) is 37.6 Å². The van der Waals surface area contributed by atoms with Crippen LogP contribution in [0.1, 0.15) is 18.5 Å². The molecule has 2 heterocycles. The Labute approximate surface area is 130 Å². The number of nitrogens with zero attached hydrogens (tertiary/aromatic N) is 3. The molecule has 0 spiro atoms. The SMILES string of the molecule is ClCc1cc2ccccc2c(N2CCN(C3CC3)CC2)n1. The summed E-state index contributed by atoms with van der Waals surface area (Å²) in [6.45, 7) is 4.45. The van der Waals surface area contributed by atoms with Crippen molar-refractivity contribution >= 4 is 28.2 Å². The number of hydrogen-bond acceptors (Lipinski definition) is 3. The molecule has 1 aromatic heterocycles. The minimum atomic E-state index is 0.472. The lowest BCUT2D eigenvalue weighted by molar-refractivity contribution is 0.248. The van der Waals surface area contributed by atoms with E-state index in [4.69, 9.17) is 16.6 Å². The van der Waals surface area contributed by atoms with Gasteiger partial charge in [0.05, 0.1) is 11.6 Å². The number of rotatable bonds is 3. The van der Waals surface area contributed by atoms with E-state index in [0.717, 1.165) is 43.7 Å². The summed E-state index contributed by atoms with van der Waals surface area (Å²) in [5.74, 6) is 1.58. The van der Waals surface area contributed by atoms with Gasteiger partial charge in [-0.15, -0.1) is 11.6 Å². The van der Waals surface area contributed by atoms with Crippen molar-refractivity contribution in [2.45, 2.75) is 24.8 Å². The average Bonchev–Trinajstić information content (AvgIpc) is 3.39. The van der Waals surface area contributed by atoms with E-state index in [-0.39, 0.29) is 0 Å². The summed E-state index contributed by atoms with van der Waals surface area (Å²) in [6, 6.07) is 11.5. The van der Waals surface area contributed by atoms with Gasteiger partial charge in [-0.05, 0) is 24.3 Å². The van der Waals surface area contributed by atoms with Crippen molar-refractivity contribution in [3.05, 3.63) is 36.0 Å². The van der Waals surface area contributed by atoms with Crippen LogP contribution in [-0.2, 0) is 5.88 Å². The highest BCUT2D eigenvalue weighted by atomic mass is 35.5. The van der Waals surface area contributed by atoms with Gasteiger partial charge in [0.15, 0.2) is 0 Å². The molecule has 0 N–H and O–H groups in total. The van der Waals surface area contributed by atoms with Crippen molar-refractivity contribution in [2.75, 3.05) is 31.1 Å². The van der Waals surface area contributed by atoms with Crippen LogP contribution < -0.4 is 4.90 Å². The van der Waals surface area contributed by atoms with Crippen molar-refractivity contribution in [3.63, 3.8) is 0 Å². The van der Waals surface area contributed by atoms with Crippen molar-refractivity contribution in [1.29, 1.82) is 0 Å². The molecule has 2 fully saturated rings. The lowest BCUT2D eigenvalue weighted by Crippen LogP contribution is -2.47. The summed E-state index contributed by atoms with van der Waals surface area (Å²) in [6.07, 6.45) is 2.78. The Balaban J connectivity index is 1.65. The van der Waals surface area contributed by atoms with E-state index in [1.54, 1.807) is 0 Å². The van der Waals surface area contributed by atoms with E-state index in [1.807, 2.05) is 0 Å². The molecule has 0 atom stereocenters. The molecule has 2 aromatic rings. The third-order valence-electron chi connectivity index (χ3n) is 4.59.